The van der Waals surface area contributed by atoms with Crippen LogP contribution in [0.1, 0.15) is 48.5 Å². The summed E-state index contributed by atoms with van der Waals surface area (Å²) in [7, 11) is -1.90. The lowest BCUT2D eigenvalue weighted by Crippen LogP contribution is -2.42. The largest absolute Gasteiger partial charge is 0.465 e. The molecule has 0 saturated carbocycles. The topological polar surface area (TPSA) is 92.8 Å². The molecule has 1 aromatic carbocycles. The first-order valence-electron chi connectivity index (χ1n) is 9.26. The van der Waals surface area contributed by atoms with Gasteiger partial charge in [0.05, 0.1) is 18.4 Å². The molecule has 1 fully saturated rings. The van der Waals surface area contributed by atoms with Crippen molar-refractivity contribution in [2.75, 3.05) is 31.3 Å². The minimum Gasteiger partial charge on any atom is -0.465 e. The van der Waals surface area contributed by atoms with Crippen LogP contribution in [0.15, 0.2) is 18.2 Å². The summed E-state index contributed by atoms with van der Waals surface area (Å²) in [5.74, 6) is -0.587. The van der Waals surface area contributed by atoms with Gasteiger partial charge in [0.2, 0.25) is 15.9 Å². The SMILES string of the molecule is CCCCS(=O)(=O)N1CCC(C(=O)Nc2ccc(C(=O)OC)cc2C)CC1. The Hall–Kier alpha value is -1.93. The van der Waals surface area contributed by atoms with Crippen molar-refractivity contribution >= 4 is 27.6 Å². The highest BCUT2D eigenvalue weighted by Gasteiger charge is 2.30. The van der Waals surface area contributed by atoms with Crippen LogP contribution < -0.4 is 5.32 Å². The maximum Gasteiger partial charge on any atom is 0.337 e. The Morgan fingerprint density at radius 2 is 1.93 bits per heavy atom. The summed E-state index contributed by atoms with van der Waals surface area (Å²) in [6.45, 7) is 4.53. The lowest BCUT2D eigenvalue weighted by atomic mass is 9.97. The van der Waals surface area contributed by atoms with Gasteiger partial charge in [-0.25, -0.2) is 17.5 Å². The summed E-state index contributed by atoms with van der Waals surface area (Å²) in [5.41, 5.74) is 1.84. The van der Waals surface area contributed by atoms with Gasteiger partial charge in [-0.1, -0.05) is 13.3 Å². The molecule has 1 aliphatic rings. The minimum absolute atomic E-state index is 0.116. The molecule has 1 aromatic rings. The number of carbonyl (C=O) groups is 2. The number of carbonyl (C=O) groups excluding carboxylic acids is 2. The summed E-state index contributed by atoms with van der Waals surface area (Å²) in [5, 5.41) is 2.89. The average Bonchev–Trinajstić information content (AvgIpc) is 2.67. The van der Waals surface area contributed by atoms with E-state index in [9.17, 15) is 18.0 Å². The molecule has 0 radical (unpaired) electrons. The minimum atomic E-state index is -3.22. The summed E-state index contributed by atoms with van der Waals surface area (Å²) in [6.07, 6.45) is 2.52. The Kier molecular flexibility index (Phi) is 7.38. The van der Waals surface area contributed by atoms with E-state index in [0.717, 1.165) is 12.0 Å². The van der Waals surface area contributed by atoms with Crippen LogP contribution in [-0.2, 0) is 19.6 Å². The number of hydrogen-bond donors (Lipinski definition) is 1. The van der Waals surface area contributed by atoms with E-state index in [-0.39, 0.29) is 17.6 Å². The third-order valence-corrected chi connectivity index (χ3v) is 6.84. The van der Waals surface area contributed by atoms with E-state index in [1.165, 1.54) is 11.4 Å². The van der Waals surface area contributed by atoms with Gasteiger partial charge >= 0.3 is 5.97 Å². The number of amides is 1. The van der Waals surface area contributed by atoms with Gasteiger partial charge in [0.1, 0.15) is 0 Å². The summed E-state index contributed by atoms with van der Waals surface area (Å²) in [6, 6.07) is 4.96. The molecule has 150 valence electrons. The predicted octanol–water partition coefficient (Wildman–Crippen LogP) is 2.56. The van der Waals surface area contributed by atoms with Gasteiger partial charge in [0.15, 0.2) is 0 Å². The molecule has 1 saturated heterocycles. The van der Waals surface area contributed by atoms with Crippen molar-refractivity contribution in [1.29, 1.82) is 0 Å². The van der Waals surface area contributed by atoms with Gasteiger partial charge in [-0.05, 0) is 49.9 Å². The van der Waals surface area contributed by atoms with E-state index >= 15 is 0 Å². The highest BCUT2D eigenvalue weighted by atomic mass is 32.2. The highest BCUT2D eigenvalue weighted by Crippen LogP contribution is 2.24. The smallest absolute Gasteiger partial charge is 0.337 e. The molecule has 7 nitrogen and oxygen atoms in total. The van der Waals surface area contributed by atoms with Crippen LogP contribution in [0.2, 0.25) is 0 Å². The molecule has 27 heavy (non-hydrogen) atoms. The van der Waals surface area contributed by atoms with Crippen molar-refractivity contribution in [2.45, 2.75) is 39.5 Å². The van der Waals surface area contributed by atoms with Crippen LogP contribution in [-0.4, -0.2) is 50.6 Å². The van der Waals surface area contributed by atoms with Gasteiger partial charge in [-0.3, -0.25) is 4.79 Å². The zero-order valence-electron chi connectivity index (χ0n) is 16.2. The standard InChI is InChI=1S/C19H28N2O5S/c1-4-5-12-27(24,25)21-10-8-15(9-11-21)18(22)20-17-7-6-16(13-14(17)2)19(23)26-3/h6-7,13,15H,4-5,8-12H2,1-3H3,(H,20,22). The van der Waals surface area contributed by atoms with Gasteiger partial charge in [-0.15, -0.1) is 0 Å². The molecule has 0 aliphatic carbocycles. The maximum atomic E-state index is 12.6. The lowest BCUT2D eigenvalue weighted by Gasteiger charge is -2.30. The summed E-state index contributed by atoms with van der Waals surface area (Å²) in [4.78, 5) is 24.1. The van der Waals surface area contributed by atoms with Crippen LogP contribution in [0, 0.1) is 12.8 Å². The maximum absolute atomic E-state index is 12.6. The molecule has 1 heterocycles. The van der Waals surface area contributed by atoms with E-state index in [1.54, 1.807) is 18.2 Å². The third kappa shape index (κ3) is 5.52. The zero-order chi connectivity index (χ0) is 20.0. The number of rotatable bonds is 7. The first-order valence-corrected chi connectivity index (χ1v) is 10.9. The van der Waals surface area contributed by atoms with Crippen LogP contribution in [0.3, 0.4) is 0 Å². The molecular formula is C19H28N2O5S. The van der Waals surface area contributed by atoms with Gasteiger partial charge in [0.25, 0.3) is 0 Å². The number of ether oxygens (including phenoxy) is 1. The van der Waals surface area contributed by atoms with Crippen LogP contribution in [0.5, 0.6) is 0 Å². The lowest BCUT2D eigenvalue weighted by molar-refractivity contribution is -0.120. The van der Waals surface area contributed by atoms with Crippen molar-refractivity contribution in [2.24, 2.45) is 5.92 Å². The third-order valence-electron chi connectivity index (χ3n) is 4.88. The average molecular weight is 397 g/mol. The molecule has 1 amide bonds. The van der Waals surface area contributed by atoms with E-state index in [0.29, 0.717) is 43.6 Å². The Morgan fingerprint density at radius 1 is 1.26 bits per heavy atom. The number of nitrogens with zero attached hydrogens (tertiary/aromatic N) is 1. The van der Waals surface area contributed by atoms with Gasteiger partial charge in [-0.2, -0.15) is 0 Å². The number of benzene rings is 1. The van der Waals surface area contributed by atoms with Crippen molar-refractivity contribution < 1.29 is 22.7 Å². The second kappa shape index (κ2) is 9.32. The molecule has 8 heteroatoms. The Balaban J connectivity index is 1.94. The quantitative estimate of drug-likeness (QED) is 0.715. The van der Waals surface area contributed by atoms with Crippen molar-refractivity contribution in [3.8, 4) is 0 Å². The second-order valence-corrected chi connectivity index (χ2v) is 8.94. The second-order valence-electron chi connectivity index (χ2n) is 6.85. The molecule has 0 aromatic heterocycles. The summed E-state index contributed by atoms with van der Waals surface area (Å²) < 4.78 is 30.7. The van der Waals surface area contributed by atoms with Crippen LogP contribution in [0.25, 0.3) is 0 Å². The van der Waals surface area contributed by atoms with Crippen molar-refractivity contribution in [3.05, 3.63) is 29.3 Å². The Labute approximate surface area is 161 Å². The number of anilines is 1. The molecule has 0 atom stereocenters. The van der Waals surface area contributed by atoms with Crippen molar-refractivity contribution in [3.63, 3.8) is 0 Å². The molecule has 1 N–H and O–H groups in total. The molecule has 0 spiro atoms. The fourth-order valence-electron chi connectivity index (χ4n) is 3.14. The number of hydrogen-bond acceptors (Lipinski definition) is 5. The number of esters is 1. The number of aryl methyl sites for hydroxylation is 1. The van der Waals surface area contributed by atoms with Gasteiger partial charge < -0.3 is 10.1 Å². The van der Waals surface area contributed by atoms with Crippen molar-refractivity contribution in [1.82, 2.24) is 4.31 Å². The Bertz CT molecular complexity index is 783. The van der Waals surface area contributed by atoms with E-state index in [4.69, 9.17) is 0 Å². The fourth-order valence-corrected chi connectivity index (χ4v) is 4.81. The number of nitrogens with one attached hydrogen (secondary N) is 1. The Morgan fingerprint density at radius 3 is 2.48 bits per heavy atom. The molecule has 0 unspecified atom stereocenters. The molecule has 2 rings (SSSR count). The number of sulfonamides is 1. The monoisotopic (exact) mass is 396 g/mol. The van der Waals surface area contributed by atoms with E-state index < -0.39 is 16.0 Å². The molecule has 1 aliphatic heterocycles. The highest BCUT2D eigenvalue weighted by molar-refractivity contribution is 7.89. The number of unbranched alkanes of at least 4 members (excludes halogenated alkanes) is 1. The normalized spacial score (nSPS) is 16.1. The number of methoxy groups -OCH3 is 1. The molecule has 0 bridgehead atoms. The number of piperidine rings is 1. The van der Waals surface area contributed by atoms with Crippen LogP contribution in [0.4, 0.5) is 5.69 Å². The van der Waals surface area contributed by atoms with E-state index in [1.807, 2.05) is 13.8 Å². The first kappa shape index (κ1) is 21.4. The van der Waals surface area contributed by atoms with E-state index in [2.05, 4.69) is 10.1 Å². The zero-order valence-corrected chi connectivity index (χ0v) is 17.0. The first-order chi connectivity index (χ1) is 12.8. The van der Waals surface area contributed by atoms with Gasteiger partial charge in [0, 0.05) is 24.7 Å². The molecular weight excluding hydrogens is 368 g/mol. The fraction of sp³-hybridized carbons (Fsp3) is 0.579. The van der Waals surface area contributed by atoms with Crippen LogP contribution >= 0.6 is 0 Å². The summed E-state index contributed by atoms with van der Waals surface area (Å²) >= 11 is 0. The predicted molar refractivity (Wildman–Crippen MR) is 104 cm³/mol.